The molecule has 0 amide bonds. The molecule has 0 aromatic heterocycles. The Kier molecular flexibility index (Phi) is 5.08. The van der Waals surface area contributed by atoms with Gasteiger partial charge in [0.15, 0.2) is 0 Å². The molecular formula is C17H24N2O3. The number of benzene rings is 1. The average molecular weight is 304 g/mol. The summed E-state index contributed by atoms with van der Waals surface area (Å²) in [5.74, 6) is -0.334. The van der Waals surface area contributed by atoms with E-state index in [1.165, 1.54) is 5.56 Å². The third kappa shape index (κ3) is 4.06. The Hall–Kier alpha value is -1.43. The van der Waals surface area contributed by atoms with Gasteiger partial charge in [-0.15, -0.1) is 0 Å². The van der Waals surface area contributed by atoms with Crippen molar-refractivity contribution < 1.29 is 14.6 Å². The lowest BCUT2D eigenvalue weighted by atomic mass is 10.1. The van der Waals surface area contributed by atoms with Crippen LogP contribution < -0.4 is 0 Å². The molecule has 2 aliphatic rings. The van der Waals surface area contributed by atoms with Crippen LogP contribution in [0, 0.1) is 5.92 Å². The van der Waals surface area contributed by atoms with Crippen molar-refractivity contribution in [2.75, 3.05) is 45.9 Å². The Morgan fingerprint density at radius 3 is 2.77 bits per heavy atom. The van der Waals surface area contributed by atoms with Crippen LogP contribution in [0.2, 0.25) is 0 Å². The molecule has 1 aromatic carbocycles. The van der Waals surface area contributed by atoms with E-state index in [-0.39, 0.29) is 6.54 Å². The molecule has 5 heteroatoms. The van der Waals surface area contributed by atoms with Crippen molar-refractivity contribution in [3.8, 4) is 0 Å². The summed E-state index contributed by atoms with van der Waals surface area (Å²) in [6.07, 6.45) is 1.03. The zero-order valence-electron chi connectivity index (χ0n) is 12.9. The number of hydrogen-bond donors (Lipinski definition) is 1. The van der Waals surface area contributed by atoms with Crippen molar-refractivity contribution in [3.05, 3.63) is 35.9 Å². The van der Waals surface area contributed by atoms with Gasteiger partial charge in [-0.1, -0.05) is 30.3 Å². The molecular weight excluding hydrogens is 280 g/mol. The van der Waals surface area contributed by atoms with Crippen molar-refractivity contribution in [1.29, 1.82) is 0 Å². The molecule has 0 saturated carbocycles. The van der Waals surface area contributed by atoms with E-state index >= 15 is 0 Å². The SMILES string of the molecule is O=C(O)CN1C[C@@H]2COC[C@H](C1)N(CCc1ccccc1)C2. The van der Waals surface area contributed by atoms with Crippen molar-refractivity contribution in [2.45, 2.75) is 12.5 Å². The van der Waals surface area contributed by atoms with Crippen molar-refractivity contribution >= 4 is 5.97 Å². The summed E-state index contributed by atoms with van der Waals surface area (Å²) in [4.78, 5) is 15.6. The predicted octanol–water partition coefficient (Wildman–Crippen LogP) is 0.946. The summed E-state index contributed by atoms with van der Waals surface area (Å²) in [7, 11) is 0. The molecule has 120 valence electrons. The van der Waals surface area contributed by atoms with E-state index in [2.05, 4.69) is 34.1 Å². The van der Waals surface area contributed by atoms with E-state index in [0.717, 1.165) is 39.2 Å². The summed E-state index contributed by atoms with van der Waals surface area (Å²) in [5, 5.41) is 9.05. The monoisotopic (exact) mass is 304 g/mol. The quantitative estimate of drug-likeness (QED) is 0.878. The Bertz CT molecular complexity index is 494. The van der Waals surface area contributed by atoms with Gasteiger partial charge in [0, 0.05) is 38.1 Å². The molecule has 0 spiro atoms. The highest BCUT2D eigenvalue weighted by atomic mass is 16.5. The maximum Gasteiger partial charge on any atom is 0.317 e. The minimum atomic E-state index is -0.739. The van der Waals surface area contributed by atoms with Crippen LogP contribution in [0.5, 0.6) is 0 Å². The minimum Gasteiger partial charge on any atom is -0.480 e. The summed E-state index contributed by atoms with van der Waals surface area (Å²) < 4.78 is 5.78. The van der Waals surface area contributed by atoms with Gasteiger partial charge in [0.2, 0.25) is 0 Å². The van der Waals surface area contributed by atoms with Crippen LogP contribution in [0.1, 0.15) is 5.56 Å². The molecule has 2 fully saturated rings. The van der Waals surface area contributed by atoms with Gasteiger partial charge in [-0.25, -0.2) is 0 Å². The van der Waals surface area contributed by atoms with E-state index in [9.17, 15) is 4.79 Å². The van der Waals surface area contributed by atoms with Gasteiger partial charge in [0.05, 0.1) is 19.8 Å². The molecule has 0 unspecified atom stereocenters. The lowest BCUT2D eigenvalue weighted by Gasteiger charge is -2.30. The van der Waals surface area contributed by atoms with Crippen molar-refractivity contribution in [2.24, 2.45) is 5.92 Å². The van der Waals surface area contributed by atoms with E-state index < -0.39 is 5.97 Å². The normalized spacial score (nSPS) is 26.5. The van der Waals surface area contributed by atoms with E-state index in [1.807, 2.05) is 6.07 Å². The van der Waals surface area contributed by atoms with Crippen LogP contribution in [-0.2, 0) is 16.0 Å². The highest BCUT2D eigenvalue weighted by molar-refractivity contribution is 5.69. The summed E-state index contributed by atoms with van der Waals surface area (Å²) in [6, 6.07) is 10.8. The second kappa shape index (κ2) is 7.22. The van der Waals surface area contributed by atoms with Gasteiger partial charge in [-0.2, -0.15) is 0 Å². The zero-order chi connectivity index (χ0) is 15.4. The molecule has 1 N–H and O–H groups in total. The fourth-order valence-electron chi connectivity index (χ4n) is 3.54. The third-order valence-corrected chi connectivity index (χ3v) is 4.55. The highest BCUT2D eigenvalue weighted by Crippen LogP contribution is 2.20. The highest BCUT2D eigenvalue weighted by Gasteiger charge is 2.33. The third-order valence-electron chi connectivity index (χ3n) is 4.55. The number of aliphatic carboxylic acids is 1. The van der Waals surface area contributed by atoms with Crippen LogP contribution in [0.15, 0.2) is 30.3 Å². The minimum absolute atomic E-state index is 0.138. The number of carboxylic acid groups (broad SMARTS) is 1. The molecule has 0 aliphatic carbocycles. The zero-order valence-corrected chi connectivity index (χ0v) is 12.9. The van der Waals surface area contributed by atoms with Crippen LogP contribution >= 0.6 is 0 Å². The summed E-state index contributed by atoms with van der Waals surface area (Å²) in [5.41, 5.74) is 1.35. The smallest absolute Gasteiger partial charge is 0.317 e. The molecule has 2 heterocycles. The maximum atomic E-state index is 11.0. The largest absolute Gasteiger partial charge is 0.480 e. The Balaban J connectivity index is 1.63. The maximum absolute atomic E-state index is 11.0. The molecule has 2 bridgehead atoms. The molecule has 2 aliphatic heterocycles. The fraction of sp³-hybridized carbons (Fsp3) is 0.588. The Labute approximate surface area is 131 Å². The molecule has 2 atom stereocenters. The lowest BCUT2D eigenvalue weighted by Crippen LogP contribution is -2.45. The van der Waals surface area contributed by atoms with Crippen LogP contribution in [0.3, 0.4) is 0 Å². The van der Waals surface area contributed by atoms with Crippen LogP contribution in [0.25, 0.3) is 0 Å². The van der Waals surface area contributed by atoms with Gasteiger partial charge < -0.3 is 9.84 Å². The number of ether oxygens (including phenoxy) is 1. The first kappa shape index (κ1) is 15.5. The topological polar surface area (TPSA) is 53.0 Å². The molecule has 3 rings (SSSR count). The first-order chi connectivity index (χ1) is 10.7. The van der Waals surface area contributed by atoms with Gasteiger partial charge in [-0.05, 0) is 12.0 Å². The molecule has 1 aromatic rings. The van der Waals surface area contributed by atoms with E-state index in [1.54, 1.807) is 0 Å². The van der Waals surface area contributed by atoms with Crippen molar-refractivity contribution in [1.82, 2.24) is 9.80 Å². The number of hydrogen-bond acceptors (Lipinski definition) is 4. The number of fused-ring (bicyclic) bond motifs is 3. The molecule has 22 heavy (non-hydrogen) atoms. The van der Waals surface area contributed by atoms with E-state index in [0.29, 0.717) is 18.6 Å². The van der Waals surface area contributed by atoms with Gasteiger partial charge in [0.25, 0.3) is 0 Å². The number of carboxylic acids is 1. The number of rotatable bonds is 5. The molecule has 2 saturated heterocycles. The average Bonchev–Trinajstić information content (AvgIpc) is 2.75. The van der Waals surface area contributed by atoms with Crippen molar-refractivity contribution in [3.63, 3.8) is 0 Å². The van der Waals surface area contributed by atoms with Crippen LogP contribution in [-0.4, -0.2) is 72.9 Å². The fourth-order valence-corrected chi connectivity index (χ4v) is 3.54. The Morgan fingerprint density at radius 2 is 2.00 bits per heavy atom. The molecule has 0 radical (unpaired) electrons. The lowest BCUT2D eigenvalue weighted by molar-refractivity contribution is -0.138. The van der Waals surface area contributed by atoms with Gasteiger partial charge in [0.1, 0.15) is 0 Å². The number of carbonyl (C=O) groups is 1. The van der Waals surface area contributed by atoms with Gasteiger partial charge in [-0.3, -0.25) is 14.6 Å². The number of nitrogens with zero attached hydrogens (tertiary/aromatic N) is 2. The first-order valence-corrected chi connectivity index (χ1v) is 8.00. The summed E-state index contributed by atoms with van der Waals surface area (Å²) >= 11 is 0. The van der Waals surface area contributed by atoms with Gasteiger partial charge >= 0.3 is 5.97 Å². The molecule has 5 nitrogen and oxygen atoms in total. The second-order valence-corrected chi connectivity index (χ2v) is 6.38. The second-order valence-electron chi connectivity index (χ2n) is 6.38. The predicted molar refractivity (Wildman–Crippen MR) is 83.9 cm³/mol. The first-order valence-electron chi connectivity index (χ1n) is 8.00. The Morgan fingerprint density at radius 1 is 1.18 bits per heavy atom. The van der Waals surface area contributed by atoms with Crippen LogP contribution in [0.4, 0.5) is 0 Å². The summed E-state index contributed by atoms with van der Waals surface area (Å²) in [6.45, 7) is 5.22. The standard InChI is InChI=1S/C17H24N2O3/c20-17(21)11-18-8-15-9-19(16(10-18)13-22-12-15)7-6-14-4-2-1-3-5-14/h1-5,15-16H,6-13H2,(H,20,21)/t15-,16-/m0/s1. The van der Waals surface area contributed by atoms with E-state index in [4.69, 9.17) is 9.84 Å².